The van der Waals surface area contributed by atoms with Crippen molar-refractivity contribution < 1.29 is 4.79 Å². The van der Waals surface area contributed by atoms with Crippen LogP contribution in [0, 0.1) is 13.8 Å². The van der Waals surface area contributed by atoms with Crippen LogP contribution in [0.2, 0.25) is 0 Å². The predicted octanol–water partition coefficient (Wildman–Crippen LogP) is 3.70. The van der Waals surface area contributed by atoms with Crippen LogP contribution in [0.25, 0.3) is 0 Å². The maximum Gasteiger partial charge on any atom is 0.228 e. The second-order valence-electron chi connectivity index (χ2n) is 5.70. The minimum absolute atomic E-state index is 0.00748. The Balaban J connectivity index is 1.69. The molecule has 1 saturated heterocycles. The van der Waals surface area contributed by atoms with Crippen molar-refractivity contribution in [2.75, 3.05) is 16.8 Å². The summed E-state index contributed by atoms with van der Waals surface area (Å²) in [4.78, 5) is 12.4. The summed E-state index contributed by atoms with van der Waals surface area (Å²) in [5.74, 6) is 2.41. The van der Waals surface area contributed by atoms with Crippen LogP contribution < -0.4 is 5.32 Å². The maximum atomic E-state index is 12.4. The smallest absolute Gasteiger partial charge is 0.228 e. The number of nitrogens with one attached hydrogen (secondary N) is 1. The van der Waals surface area contributed by atoms with Gasteiger partial charge in [0.25, 0.3) is 0 Å². The molecule has 2 aromatic rings. The summed E-state index contributed by atoms with van der Waals surface area (Å²) in [6.45, 7) is 3.95. The molecule has 1 aromatic heterocycles. The third-order valence-corrected chi connectivity index (χ3v) is 7.16. The zero-order valence-corrected chi connectivity index (χ0v) is 15.3. The van der Waals surface area contributed by atoms with Crippen LogP contribution in [0.15, 0.2) is 24.3 Å². The van der Waals surface area contributed by atoms with Crippen LogP contribution in [0.5, 0.6) is 0 Å². The van der Waals surface area contributed by atoms with Crippen molar-refractivity contribution in [3.63, 3.8) is 0 Å². The van der Waals surface area contributed by atoms with Crippen molar-refractivity contribution in [1.29, 1.82) is 0 Å². The van der Waals surface area contributed by atoms with E-state index in [1.54, 1.807) is 0 Å². The molecule has 6 heteroatoms. The van der Waals surface area contributed by atoms with Crippen molar-refractivity contribution >= 4 is 35.1 Å². The number of amides is 1. The molecule has 3 rings (SSSR count). The van der Waals surface area contributed by atoms with E-state index >= 15 is 0 Å². The molecule has 0 aliphatic carbocycles. The monoisotopic (exact) mass is 347 g/mol. The van der Waals surface area contributed by atoms with E-state index in [0.29, 0.717) is 11.0 Å². The molecule has 0 atom stereocenters. The van der Waals surface area contributed by atoms with E-state index in [1.165, 1.54) is 17.1 Å². The van der Waals surface area contributed by atoms with Gasteiger partial charge in [0.1, 0.15) is 0 Å². The number of hydrogen-bond acceptors (Lipinski definition) is 4. The zero-order valence-electron chi connectivity index (χ0n) is 13.6. The molecule has 1 amide bonds. The average molecular weight is 348 g/mol. The minimum Gasteiger partial charge on any atom is -0.326 e. The predicted molar refractivity (Wildman–Crippen MR) is 99.1 cm³/mol. The van der Waals surface area contributed by atoms with Gasteiger partial charge in [0, 0.05) is 35.5 Å². The van der Waals surface area contributed by atoms with E-state index in [9.17, 15) is 4.79 Å². The van der Waals surface area contributed by atoms with E-state index in [4.69, 9.17) is 0 Å². The number of aryl methyl sites for hydroxylation is 2. The molecule has 1 aliphatic rings. The molecule has 1 fully saturated rings. The van der Waals surface area contributed by atoms with Crippen LogP contribution >= 0.6 is 23.5 Å². The van der Waals surface area contributed by atoms with E-state index < -0.39 is 0 Å². The Hall–Kier alpha value is -1.40. The third kappa shape index (κ3) is 3.75. The fourth-order valence-electron chi connectivity index (χ4n) is 2.75. The number of hydrogen-bond donors (Lipinski definition) is 1. The Bertz CT molecular complexity index is 721. The molecule has 0 saturated carbocycles. The van der Waals surface area contributed by atoms with Gasteiger partial charge in [-0.3, -0.25) is 9.48 Å². The quantitative estimate of drug-likeness (QED) is 0.916. The Labute approximate surface area is 145 Å². The van der Waals surface area contributed by atoms with Gasteiger partial charge in [0.05, 0.1) is 16.7 Å². The molecular weight excluding hydrogens is 326 g/mol. The lowest BCUT2D eigenvalue weighted by atomic mass is 10.1. The number of anilines is 1. The fraction of sp³-hybridized carbons (Fsp3) is 0.412. The van der Waals surface area contributed by atoms with Crippen LogP contribution in [-0.4, -0.2) is 27.2 Å². The van der Waals surface area contributed by atoms with E-state index in [1.807, 2.05) is 61.2 Å². The van der Waals surface area contributed by atoms with Gasteiger partial charge in [0.2, 0.25) is 5.91 Å². The Morgan fingerprint density at radius 1 is 1.35 bits per heavy atom. The summed E-state index contributed by atoms with van der Waals surface area (Å²) < 4.78 is 2.32. The zero-order chi connectivity index (χ0) is 16.4. The first kappa shape index (κ1) is 16.5. The summed E-state index contributed by atoms with van der Waals surface area (Å²) in [5, 5.41) is 7.39. The molecule has 1 aliphatic heterocycles. The molecule has 23 heavy (non-hydrogen) atoms. The van der Waals surface area contributed by atoms with Crippen molar-refractivity contribution in [2.45, 2.75) is 24.9 Å². The Kier molecular flexibility index (Phi) is 5.02. The maximum absolute atomic E-state index is 12.4. The van der Waals surface area contributed by atoms with Gasteiger partial charge in [-0.15, -0.1) is 23.5 Å². The molecule has 0 spiro atoms. The van der Waals surface area contributed by atoms with E-state index in [0.717, 1.165) is 22.6 Å². The average Bonchev–Trinajstić information content (AvgIpc) is 3.13. The number of carbonyl (C=O) groups excluding carboxylic acids is 1. The van der Waals surface area contributed by atoms with Crippen molar-refractivity contribution in [1.82, 2.24) is 9.78 Å². The SMILES string of the molecule is Cc1nn(C)c(C)c1CC(=O)Nc1cccc(C2SCCS2)c1. The molecule has 2 heterocycles. The van der Waals surface area contributed by atoms with Gasteiger partial charge in [-0.2, -0.15) is 5.10 Å². The lowest BCUT2D eigenvalue weighted by Crippen LogP contribution is -2.15. The first-order valence-corrected chi connectivity index (χ1v) is 9.76. The highest BCUT2D eigenvalue weighted by atomic mass is 32.2. The van der Waals surface area contributed by atoms with Crippen molar-refractivity contribution in [3.8, 4) is 0 Å². The Morgan fingerprint density at radius 3 is 2.74 bits per heavy atom. The number of aromatic nitrogens is 2. The molecule has 1 aromatic carbocycles. The molecule has 1 N–H and O–H groups in total. The molecular formula is C17H21N3OS2. The lowest BCUT2D eigenvalue weighted by Gasteiger charge is -2.11. The highest BCUT2D eigenvalue weighted by Crippen LogP contribution is 2.45. The van der Waals surface area contributed by atoms with Gasteiger partial charge in [0.15, 0.2) is 0 Å². The van der Waals surface area contributed by atoms with Crippen LogP contribution in [0.3, 0.4) is 0 Å². The number of carbonyl (C=O) groups is 1. The van der Waals surface area contributed by atoms with Crippen LogP contribution in [0.1, 0.15) is 27.1 Å². The molecule has 122 valence electrons. The summed E-state index contributed by atoms with van der Waals surface area (Å²) in [6, 6.07) is 8.21. The molecule has 0 unspecified atom stereocenters. The number of nitrogens with zero attached hydrogens (tertiary/aromatic N) is 2. The summed E-state index contributed by atoms with van der Waals surface area (Å²) >= 11 is 3.94. The largest absolute Gasteiger partial charge is 0.326 e. The first-order valence-electron chi connectivity index (χ1n) is 7.66. The third-order valence-electron chi connectivity index (χ3n) is 4.06. The van der Waals surface area contributed by atoms with E-state index in [-0.39, 0.29) is 5.91 Å². The van der Waals surface area contributed by atoms with Gasteiger partial charge in [-0.1, -0.05) is 12.1 Å². The molecule has 0 bridgehead atoms. The first-order chi connectivity index (χ1) is 11.0. The fourth-order valence-corrected chi connectivity index (χ4v) is 5.59. The van der Waals surface area contributed by atoms with Crippen LogP contribution in [0.4, 0.5) is 5.69 Å². The van der Waals surface area contributed by atoms with Crippen molar-refractivity contribution in [3.05, 3.63) is 46.8 Å². The van der Waals surface area contributed by atoms with Gasteiger partial charge < -0.3 is 5.32 Å². The Morgan fingerprint density at radius 2 is 2.09 bits per heavy atom. The highest BCUT2D eigenvalue weighted by Gasteiger charge is 2.19. The molecule has 0 radical (unpaired) electrons. The summed E-state index contributed by atoms with van der Waals surface area (Å²) in [6.07, 6.45) is 0.364. The second-order valence-corrected chi connectivity index (χ2v) is 8.42. The summed E-state index contributed by atoms with van der Waals surface area (Å²) in [5.41, 5.74) is 5.14. The normalized spacial score (nSPS) is 15.1. The van der Waals surface area contributed by atoms with Gasteiger partial charge in [-0.05, 0) is 31.5 Å². The second kappa shape index (κ2) is 7.01. The van der Waals surface area contributed by atoms with Gasteiger partial charge in [-0.25, -0.2) is 0 Å². The number of rotatable bonds is 4. The highest BCUT2D eigenvalue weighted by molar-refractivity contribution is 8.19. The van der Waals surface area contributed by atoms with Crippen LogP contribution in [-0.2, 0) is 18.3 Å². The van der Waals surface area contributed by atoms with Crippen molar-refractivity contribution in [2.24, 2.45) is 7.05 Å². The lowest BCUT2D eigenvalue weighted by molar-refractivity contribution is -0.115. The molecule has 4 nitrogen and oxygen atoms in total. The number of benzene rings is 1. The number of thioether (sulfide) groups is 2. The summed E-state index contributed by atoms with van der Waals surface area (Å²) in [7, 11) is 1.91. The topological polar surface area (TPSA) is 46.9 Å². The minimum atomic E-state index is 0.00748. The van der Waals surface area contributed by atoms with E-state index in [2.05, 4.69) is 22.5 Å². The standard InChI is InChI=1S/C17H21N3OS2/c1-11-15(12(2)20(3)19-11)10-16(21)18-14-6-4-5-13(9-14)17-22-7-8-23-17/h4-6,9,17H,7-8,10H2,1-3H3,(H,18,21). The van der Waals surface area contributed by atoms with Gasteiger partial charge >= 0.3 is 0 Å².